The van der Waals surface area contributed by atoms with Crippen molar-refractivity contribution in [2.75, 3.05) is 0 Å². The van der Waals surface area contributed by atoms with Gasteiger partial charge in [0.15, 0.2) is 0 Å². The molecule has 1 atom stereocenters. The quantitative estimate of drug-likeness (QED) is 0.751. The molecular formula is C11H17N3O2. The molecule has 0 bridgehead atoms. The molecule has 5 nitrogen and oxygen atoms in total. The molecule has 16 heavy (non-hydrogen) atoms. The van der Waals surface area contributed by atoms with Gasteiger partial charge in [-0.2, -0.15) is 0 Å². The molecule has 1 unspecified atom stereocenters. The van der Waals surface area contributed by atoms with Crippen LogP contribution in [0.15, 0.2) is 18.7 Å². The first-order valence-corrected chi connectivity index (χ1v) is 5.57. The molecule has 0 aromatic carbocycles. The van der Waals surface area contributed by atoms with Crippen LogP contribution in [0.1, 0.15) is 26.2 Å². The van der Waals surface area contributed by atoms with Crippen molar-refractivity contribution >= 4 is 5.97 Å². The number of nitrogens with zero attached hydrogens (tertiary/aromatic N) is 2. The van der Waals surface area contributed by atoms with E-state index in [1.54, 1.807) is 19.4 Å². The second-order valence-corrected chi connectivity index (χ2v) is 4.61. The molecule has 0 spiro atoms. The summed E-state index contributed by atoms with van der Waals surface area (Å²) in [5, 5.41) is 12.4. The summed E-state index contributed by atoms with van der Waals surface area (Å²) < 4.78 is 1.90. The number of imidazole rings is 1. The first kappa shape index (κ1) is 11.1. The molecule has 1 aliphatic carbocycles. The maximum atomic E-state index is 11.3. The summed E-state index contributed by atoms with van der Waals surface area (Å²) in [6.07, 6.45) is 8.00. The molecule has 0 amide bonds. The van der Waals surface area contributed by atoms with E-state index < -0.39 is 11.5 Å². The number of nitrogens with one attached hydrogen (secondary N) is 1. The van der Waals surface area contributed by atoms with Crippen LogP contribution in [-0.4, -0.2) is 32.2 Å². The number of carboxylic acids is 1. The van der Waals surface area contributed by atoms with Crippen molar-refractivity contribution in [1.29, 1.82) is 0 Å². The van der Waals surface area contributed by atoms with Crippen molar-refractivity contribution in [3.05, 3.63) is 18.7 Å². The summed E-state index contributed by atoms with van der Waals surface area (Å²) in [6.45, 7) is 2.42. The SMILES string of the molecule is CC(CCn1ccnc1)(NC1CC1)C(=O)O. The molecule has 1 aliphatic rings. The Labute approximate surface area is 94.5 Å². The van der Waals surface area contributed by atoms with Crippen LogP contribution >= 0.6 is 0 Å². The summed E-state index contributed by atoms with van der Waals surface area (Å²) in [5.41, 5.74) is -0.828. The van der Waals surface area contributed by atoms with E-state index in [4.69, 9.17) is 0 Å². The van der Waals surface area contributed by atoms with Crippen molar-refractivity contribution in [1.82, 2.24) is 14.9 Å². The van der Waals surface area contributed by atoms with E-state index in [-0.39, 0.29) is 0 Å². The highest BCUT2D eigenvalue weighted by molar-refractivity contribution is 5.78. The van der Waals surface area contributed by atoms with Crippen LogP contribution in [0.25, 0.3) is 0 Å². The fourth-order valence-electron chi connectivity index (χ4n) is 1.69. The van der Waals surface area contributed by atoms with E-state index in [2.05, 4.69) is 10.3 Å². The van der Waals surface area contributed by atoms with Crippen molar-refractivity contribution in [3.63, 3.8) is 0 Å². The largest absolute Gasteiger partial charge is 0.480 e. The summed E-state index contributed by atoms with van der Waals surface area (Å²) in [4.78, 5) is 15.2. The number of carbonyl (C=O) groups is 1. The predicted molar refractivity (Wildman–Crippen MR) is 59.0 cm³/mol. The molecule has 88 valence electrons. The lowest BCUT2D eigenvalue weighted by Crippen LogP contribution is -2.51. The Hall–Kier alpha value is -1.36. The van der Waals surface area contributed by atoms with E-state index in [1.807, 2.05) is 10.8 Å². The summed E-state index contributed by atoms with van der Waals surface area (Å²) >= 11 is 0. The van der Waals surface area contributed by atoms with Crippen molar-refractivity contribution in [2.24, 2.45) is 0 Å². The minimum atomic E-state index is -0.828. The lowest BCUT2D eigenvalue weighted by molar-refractivity contribution is -0.144. The normalized spacial score (nSPS) is 19.3. The van der Waals surface area contributed by atoms with Crippen LogP contribution in [0.4, 0.5) is 0 Å². The molecule has 1 aromatic rings. The Morgan fingerprint density at radius 2 is 2.44 bits per heavy atom. The molecule has 2 N–H and O–H groups in total. The minimum absolute atomic E-state index is 0.392. The molecule has 5 heteroatoms. The third kappa shape index (κ3) is 2.61. The van der Waals surface area contributed by atoms with Gasteiger partial charge in [0.2, 0.25) is 0 Å². The number of aryl methyl sites for hydroxylation is 1. The van der Waals surface area contributed by atoms with Gasteiger partial charge in [-0.25, -0.2) is 4.98 Å². The topological polar surface area (TPSA) is 67.2 Å². The second kappa shape index (κ2) is 4.25. The van der Waals surface area contributed by atoms with Crippen LogP contribution in [0.5, 0.6) is 0 Å². The zero-order chi connectivity index (χ0) is 11.6. The molecule has 1 heterocycles. The smallest absolute Gasteiger partial charge is 0.323 e. The number of aromatic nitrogens is 2. The molecular weight excluding hydrogens is 206 g/mol. The number of carboxylic acid groups (broad SMARTS) is 1. The van der Waals surface area contributed by atoms with E-state index in [9.17, 15) is 9.90 Å². The zero-order valence-corrected chi connectivity index (χ0v) is 9.39. The van der Waals surface area contributed by atoms with E-state index in [1.165, 1.54) is 0 Å². The van der Waals surface area contributed by atoms with Crippen LogP contribution in [0.3, 0.4) is 0 Å². The number of aliphatic carboxylic acids is 1. The summed E-state index contributed by atoms with van der Waals surface area (Å²) in [6, 6.07) is 0.392. The molecule has 1 saturated carbocycles. The first-order chi connectivity index (χ1) is 7.60. The second-order valence-electron chi connectivity index (χ2n) is 4.61. The van der Waals surface area contributed by atoms with Crippen molar-refractivity contribution in [3.8, 4) is 0 Å². The van der Waals surface area contributed by atoms with Crippen molar-refractivity contribution in [2.45, 2.75) is 44.3 Å². The fourth-order valence-corrected chi connectivity index (χ4v) is 1.69. The Morgan fingerprint density at radius 1 is 1.69 bits per heavy atom. The average molecular weight is 223 g/mol. The summed E-state index contributed by atoms with van der Waals surface area (Å²) in [7, 11) is 0. The monoisotopic (exact) mass is 223 g/mol. The Balaban J connectivity index is 1.93. The zero-order valence-electron chi connectivity index (χ0n) is 9.39. The van der Waals surface area contributed by atoms with Gasteiger partial charge in [0, 0.05) is 25.0 Å². The molecule has 2 rings (SSSR count). The minimum Gasteiger partial charge on any atom is -0.480 e. The lowest BCUT2D eigenvalue weighted by atomic mass is 9.98. The molecule has 0 saturated heterocycles. The van der Waals surface area contributed by atoms with Gasteiger partial charge in [-0.1, -0.05) is 0 Å². The average Bonchev–Trinajstić information content (AvgIpc) is 2.89. The van der Waals surface area contributed by atoms with E-state index >= 15 is 0 Å². The van der Waals surface area contributed by atoms with Crippen LogP contribution in [-0.2, 0) is 11.3 Å². The van der Waals surface area contributed by atoms with Gasteiger partial charge in [0.05, 0.1) is 6.33 Å². The summed E-state index contributed by atoms with van der Waals surface area (Å²) in [5.74, 6) is -0.778. The molecule has 0 radical (unpaired) electrons. The Kier molecular flexibility index (Phi) is 2.96. The number of hydrogen-bond acceptors (Lipinski definition) is 3. The highest BCUT2D eigenvalue weighted by Gasteiger charge is 2.38. The van der Waals surface area contributed by atoms with Gasteiger partial charge in [0.1, 0.15) is 5.54 Å². The van der Waals surface area contributed by atoms with Crippen LogP contribution in [0, 0.1) is 0 Å². The lowest BCUT2D eigenvalue weighted by Gasteiger charge is -2.26. The predicted octanol–water partition coefficient (Wildman–Crippen LogP) is 0.868. The highest BCUT2D eigenvalue weighted by atomic mass is 16.4. The third-order valence-electron chi connectivity index (χ3n) is 3.00. The van der Waals surface area contributed by atoms with E-state index in [0.717, 1.165) is 12.8 Å². The molecule has 1 aromatic heterocycles. The van der Waals surface area contributed by atoms with Gasteiger partial charge < -0.3 is 9.67 Å². The maximum absolute atomic E-state index is 11.3. The van der Waals surface area contributed by atoms with Gasteiger partial charge in [-0.05, 0) is 26.2 Å². The van der Waals surface area contributed by atoms with Gasteiger partial charge in [-0.3, -0.25) is 10.1 Å². The van der Waals surface area contributed by atoms with Gasteiger partial charge in [-0.15, -0.1) is 0 Å². The van der Waals surface area contributed by atoms with Crippen molar-refractivity contribution < 1.29 is 9.90 Å². The van der Waals surface area contributed by atoms with Gasteiger partial charge >= 0.3 is 5.97 Å². The third-order valence-corrected chi connectivity index (χ3v) is 3.00. The first-order valence-electron chi connectivity index (χ1n) is 5.57. The van der Waals surface area contributed by atoms with E-state index in [0.29, 0.717) is 19.0 Å². The highest BCUT2D eigenvalue weighted by Crippen LogP contribution is 2.24. The molecule has 1 fully saturated rings. The van der Waals surface area contributed by atoms with Crippen LogP contribution < -0.4 is 5.32 Å². The van der Waals surface area contributed by atoms with Crippen LogP contribution in [0.2, 0.25) is 0 Å². The fraction of sp³-hybridized carbons (Fsp3) is 0.636. The Morgan fingerprint density at radius 3 is 2.94 bits per heavy atom. The maximum Gasteiger partial charge on any atom is 0.323 e. The Bertz CT molecular complexity index is 359. The number of hydrogen-bond donors (Lipinski definition) is 2. The molecule has 0 aliphatic heterocycles. The standard InChI is InChI=1S/C11H17N3O2/c1-11(10(15)16,13-9-2-3-9)4-6-14-7-5-12-8-14/h5,7-9,13H,2-4,6H2,1H3,(H,15,16). The number of rotatable bonds is 6. The van der Waals surface area contributed by atoms with Gasteiger partial charge in [0.25, 0.3) is 0 Å².